The Morgan fingerprint density at radius 2 is 2.00 bits per heavy atom. The molecule has 0 saturated carbocycles. The second-order valence-electron chi connectivity index (χ2n) is 2.42. The summed E-state index contributed by atoms with van der Waals surface area (Å²) in [6, 6.07) is -0.671. The van der Waals surface area contributed by atoms with E-state index in [1.165, 1.54) is 0 Å². The number of hydrogen-bond donors (Lipinski definition) is 2. The third-order valence-electron chi connectivity index (χ3n) is 1.15. The minimum Gasteiger partial charge on any atom is -1.00 e. The van der Waals surface area contributed by atoms with Gasteiger partial charge in [0, 0.05) is 6.42 Å². The normalized spacial score (nSPS) is 11.3. The molecule has 0 saturated heterocycles. The van der Waals surface area contributed by atoms with Crippen LogP contribution in [0.25, 0.3) is 0 Å². The molecule has 0 unspecified atom stereocenters. The molecule has 12 heavy (non-hydrogen) atoms. The largest absolute Gasteiger partial charge is 1.00 e. The molecule has 0 spiro atoms. The smallest absolute Gasteiger partial charge is 0.320 e. The summed E-state index contributed by atoms with van der Waals surface area (Å²) < 4.78 is 0. The van der Waals surface area contributed by atoms with Crippen molar-refractivity contribution in [3.63, 3.8) is 0 Å². The first-order chi connectivity index (χ1) is 4.54. The molecule has 0 aliphatic heterocycles. The first-order valence-electron chi connectivity index (χ1n) is 3.06. The summed E-state index contributed by atoms with van der Waals surface area (Å²) in [5.74, 6) is 0.0125. The fraction of sp³-hybridized carbons (Fsp3) is 0.833. The van der Waals surface area contributed by atoms with E-state index in [4.69, 9.17) is 10.8 Å². The van der Waals surface area contributed by atoms with Crippen molar-refractivity contribution in [2.45, 2.75) is 12.5 Å². The number of rotatable bonds is 4. The Balaban J connectivity index is -0.000000405. The van der Waals surface area contributed by atoms with E-state index in [-0.39, 0.29) is 24.8 Å². The van der Waals surface area contributed by atoms with Crippen molar-refractivity contribution in [3.05, 3.63) is 0 Å². The third kappa shape index (κ3) is 10.4. The molecule has 3 nitrogen and oxygen atoms in total. The average Bonchev–Trinajstić information content (AvgIpc) is 1.82. The van der Waals surface area contributed by atoms with Gasteiger partial charge in [0.15, 0.2) is 0 Å². The maximum atomic E-state index is 10.2. The van der Waals surface area contributed by atoms with Crippen LogP contribution in [0.2, 0.25) is 0 Å². The van der Waals surface area contributed by atoms with Gasteiger partial charge in [0.1, 0.15) is 11.8 Å². The van der Waals surface area contributed by atoms with Crippen molar-refractivity contribution in [1.82, 2.24) is 0 Å². The fourth-order valence-corrected chi connectivity index (χ4v) is 1.21. The van der Waals surface area contributed by atoms with Crippen LogP contribution in [-0.4, -0.2) is 35.4 Å². The molecular formula is C6H15Cl2NO2S. The minimum atomic E-state index is -0.898. The number of carboxylic acids is 1. The van der Waals surface area contributed by atoms with Crippen LogP contribution in [0.4, 0.5) is 0 Å². The van der Waals surface area contributed by atoms with Crippen LogP contribution in [0.5, 0.6) is 0 Å². The zero-order chi connectivity index (χ0) is 8.15. The van der Waals surface area contributed by atoms with E-state index < -0.39 is 12.0 Å². The molecular weight excluding hydrogens is 221 g/mol. The summed E-state index contributed by atoms with van der Waals surface area (Å²) in [7, 11) is 0.304. The van der Waals surface area contributed by atoms with E-state index in [0.29, 0.717) is 17.3 Å². The van der Waals surface area contributed by atoms with E-state index >= 15 is 0 Å². The molecule has 1 atom stereocenters. The van der Waals surface area contributed by atoms with Gasteiger partial charge in [-0.1, -0.05) is 0 Å². The lowest BCUT2D eigenvalue weighted by Crippen LogP contribution is -3.00. The van der Waals surface area contributed by atoms with E-state index in [1.807, 2.05) is 0 Å². The molecule has 3 N–H and O–H groups in total. The van der Waals surface area contributed by atoms with Gasteiger partial charge in [0.25, 0.3) is 0 Å². The van der Waals surface area contributed by atoms with Crippen LogP contribution in [0.15, 0.2) is 0 Å². The molecule has 0 fully saturated rings. The van der Waals surface area contributed by atoms with Gasteiger partial charge in [0.05, 0.1) is 12.5 Å². The van der Waals surface area contributed by atoms with Crippen molar-refractivity contribution < 1.29 is 22.3 Å². The summed E-state index contributed by atoms with van der Waals surface area (Å²) in [5, 5.41) is 8.37. The van der Waals surface area contributed by atoms with Crippen molar-refractivity contribution in [3.8, 4) is 0 Å². The number of aliphatic carboxylic acids is 1. The van der Waals surface area contributed by atoms with Crippen molar-refractivity contribution in [2.75, 3.05) is 18.3 Å². The Morgan fingerprint density at radius 3 is 2.25 bits per heavy atom. The summed E-state index contributed by atoms with van der Waals surface area (Å²) in [4.78, 5) is 10.2. The molecule has 0 rings (SSSR count). The molecule has 0 heterocycles. The molecule has 6 heteroatoms. The first-order valence-corrected chi connectivity index (χ1v) is 5.27. The van der Waals surface area contributed by atoms with Crippen molar-refractivity contribution >= 4 is 29.3 Å². The summed E-state index contributed by atoms with van der Waals surface area (Å²) in [6.07, 6.45) is 4.74. The van der Waals surface area contributed by atoms with Crippen LogP contribution < -0.4 is 18.1 Å². The van der Waals surface area contributed by atoms with Crippen molar-refractivity contribution in [2.24, 2.45) is 5.73 Å². The summed E-state index contributed by atoms with van der Waals surface area (Å²) in [6.45, 7) is 0. The lowest BCUT2D eigenvalue weighted by atomic mass is 10.2. The van der Waals surface area contributed by atoms with Crippen LogP contribution in [-0.2, 0) is 15.7 Å². The molecule has 0 aliphatic rings. The highest BCUT2D eigenvalue weighted by Gasteiger charge is 2.14. The second-order valence-corrected chi connectivity index (χ2v) is 4.80. The topological polar surface area (TPSA) is 63.3 Å². The Kier molecular flexibility index (Phi) is 14.3. The number of carbonyl (C=O) groups is 1. The van der Waals surface area contributed by atoms with E-state index in [0.717, 1.165) is 5.75 Å². The molecule has 76 valence electrons. The molecule has 0 aromatic rings. The minimum absolute atomic E-state index is 0. The molecule has 0 aromatic carbocycles. The Labute approximate surface area is 88.3 Å². The molecule has 0 amide bonds. The lowest BCUT2D eigenvalue weighted by Gasteiger charge is -2.02. The van der Waals surface area contributed by atoms with Gasteiger partial charge in [-0.3, -0.25) is 4.79 Å². The van der Waals surface area contributed by atoms with Crippen LogP contribution in [0, 0.1) is 0 Å². The van der Waals surface area contributed by atoms with Gasteiger partial charge in [-0.25, -0.2) is 0 Å². The number of carboxylic acid groups (broad SMARTS) is 1. The molecule has 0 aromatic heterocycles. The Hall–Kier alpha value is 0.360. The van der Waals surface area contributed by atoms with Crippen LogP contribution in [0.1, 0.15) is 6.42 Å². The quantitative estimate of drug-likeness (QED) is 0.514. The molecule has 0 aliphatic carbocycles. The second kappa shape index (κ2) is 9.45. The van der Waals surface area contributed by atoms with Gasteiger partial charge >= 0.3 is 5.97 Å². The van der Waals surface area contributed by atoms with Gasteiger partial charge < -0.3 is 23.2 Å². The first kappa shape index (κ1) is 18.2. The zero-order valence-corrected chi connectivity index (χ0v) is 9.51. The maximum Gasteiger partial charge on any atom is 0.320 e. The number of nitrogens with two attached hydrogens (primary N) is 1. The average molecular weight is 236 g/mol. The maximum absolute atomic E-state index is 10.2. The lowest BCUT2D eigenvalue weighted by molar-refractivity contribution is -0.138. The highest BCUT2D eigenvalue weighted by Crippen LogP contribution is 1.93. The predicted octanol–water partition coefficient (Wildman–Crippen LogP) is -2.91. The van der Waals surface area contributed by atoms with Gasteiger partial charge in [-0.05, 0) is 10.9 Å². The van der Waals surface area contributed by atoms with Gasteiger partial charge in [0.2, 0.25) is 0 Å². The predicted molar refractivity (Wildman–Crippen MR) is 51.6 cm³/mol. The van der Waals surface area contributed by atoms with Crippen LogP contribution in [0.3, 0.4) is 0 Å². The fourth-order valence-electron chi connectivity index (χ4n) is 0.486. The standard InChI is InChI=1S/C6H13NO2S.2ClH/c1-10(2)4-3-5(7)6(8)9;;/h5H,3-4,7H2,1-2H3;2*1H/t5-;;/m0../s1. The highest BCUT2D eigenvalue weighted by molar-refractivity contribution is 7.95. The van der Waals surface area contributed by atoms with Crippen LogP contribution >= 0.6 is 12.4 Å². The van der Waals surface area contributed by atoms with Crippen molar-refractivity contribution in [1.29, 1.82) is 0 Å². The Bertz CT molecular complexity index is 124. The third-order valence-corrected chi connectivity index (χ3v) is 2.21. The number of hydrogen-bond acceptors (Lipinski definition) is 2. The van der Waals surface area contributed by atoms with Gasteiger partial charge in [-0.15, -0.1) is 12.4 Å². The monoisotopic (exact) mass is 235 g/mol. The zero-order valence-electron chi connectivity index (χ0n) is 7.12. The number of halogens is 2. The SMILES string of the molecule is C[S+](C)CC[C@H](N)C(=O)O.Cl.[Cl-]. The van der Waals surface area contributed by atoms with Gasteiger partial charge in [-0.2, -0.15) is 0 Å². The van der Waals surface area contributed by atoms with E-state index in [9.17, 15) is 4.79 Å². The summed E-state index contributed by atoms with van der Waals surface area (Å²) >= 11 is 0. The highest BCUT2D eigenvalue weighted by atomic mass is 35.5. The van der Waals surface area contributed by atoms with E-state index in [1.54, 1.807) is 0 Å². The Morgan fingerprint density at radius 1 is 1.58 bits per heavy atom. The molecule has 0 radical (unpaired) electrons. The van der Waals surface area contributed by atoms with E-state index in [2.05, 4.69) is 12.5 Å². The summed E-state index contributed by atoms with van der Waals surface area (Å²) in [5.41, 5.74) is 5.27. The molecule has 0 bridgehead atoms.